The largest absolute Gasteiger partial charge is 0.496 e. The summed E-state index contributed by atoms with van der Waals surface area (Å²) in [5.41, 5.74) is 2.66. The van der Waals surface area contributed by atoms with Crippen molar-refractivity contribution in [3.8, 4) is 5.75 Å². The molecule has 0 radical (unpaired) electrons. The van der Waals surface area contributed by atoms with E-state index in [1.54, 1.807) is 7.11 Å². The number of aliphatic carboxylic acids is 1. The van der Waals surface area contributed by atoms with Crippen LogP contribution in [0.5, 0.6) is 5.75 Å². The number of hydrazine groups is 1. The number of aliphatic hydroxyl groups is 3. The van der Waals surface area contributed by atoms with Crippen LogP contribution in [0.25, 0.3) is 10.9 Å². The second-order valence-electron chi connectivity index (χ2n) is 21.2. The molecule has 2 saturated heterocycles. The Morgan fingerprint density at radius 1 is 0.959 bits per heavy atom. The van der Waals surface area contributed by atoms with Gasteiger partial charge in [0.2, 0.25) is 5.91 Å². The van der Waals surface area contributed by atoms with Crippen molar-refractivity contribution in [1.29, 1.82) is 0 Å². The molecule has 1 spiro atoms. The maximum absolute atomic E-state index is 15.3. The number of aliphatic hydroxyl groups excluding tert-OH is 1. The normalized spacial score (nSPS) is 31.8. The third-order valence-corrected chi connectivity index (χ3v) is 19.7. The Kier molecular flexibility index (Phi) is 15.4. The molecule has 74 heavy (non-hydrogen) atoms. The zero-order chi connectivity index (χ0) is 52.8. The van der Waals surface area contributed by atoms with Gasteiger partial charge in [-0.25, -0.2) is 10.2 Å². The van der Waals surface area contributed by atoms with E-state index < -0.39 is 63.5 Å². The van der Waals surface area contributed by atoms with Gasteiger partial charge in [-0.1, -0.05) is 65.8 Å². The topological polar surface area (TPSA) is 256 Å². The van der Waals surface area contributed by atoms with Crippen molar-refractivity contribution in [3.63, 3.8) is 0 Å². The van der Waals surface area contributed by atoms with Crippen molar-refractivity contribution in [2.24, 2.45) is 16.7 Å². The van der Waals surface area contributed by atoms with Gasteiger partial charge >= 0.3 is 18.0 Å². The van der Waals surface area contributed by atoms with Gasteiger partial charge in [0, 0.05) is 108 Å². The lowest BCUT2D eigenvalue weighted by Gasteiger charge is -2.67. The van der Waals surface area contributed by atoms with E-state index in [-0.39, 0.29) is 37.3 Å². The number of nitrogens with one attached hydrogen (secondary N) is 4. The number of nitrogens with zero attached hydrogens (tertiary/aromatic N) is 3. The van der Waals surface area contributed by atoms with E-state index in [4.69, 9.17) is 19.3 Å². The highest BCUT2D eigenvalue weighted by atomic mass is 33.1. The van der Waals surface area contributed by atoms with Crippen LogP contribution in [0.15, 0.2) is 48.6 Å². The molecule has 8 N–H and O–H groups in total. The number of aromatic amines is 1. The van der Waals surface area contributed by atoms with Crippen LogP contribution in [-0.4, -0.2) is 173 Å². The average Bonchev–Trinajstić information content (AvgIpc) is 4.07. The number of para-hydroxylation sites is 1. The Balaban J connectivity index is 1.05. The summed E-state index contributed by atoms with van der Waals surface area (Å²) in [7, 11) is 7.63. The SMILES string of the molecule is CC[C@@]1(O)C[C@@H]2CN(CCc3c([nH]c4ccccc34)[C@](C(=O)OC)(c3cc4c(cc3OC)N(C)[C@H]3[C@@]5(CCN6CC=C[C@@](CC)([C@@H]65)[C@H](O)[C@@]3(O)C(=O)NNC(=O)OCCSSCCNC(=O)CCC(=O)O)C4)C2)C1. The van der Waals surface area contributed by atoms with Gasteiger partial charge < -0.3 is 49.8 Å². The number of aromatic nitrogens is 1. The first-order valence-electron chi connectivity index (χ1n) is 25.8. The number of piperidine rings is 1. The van der Waals surface area contributed by atoms with Crippen LogP contribution in [0.1, 0.15) is 81.2 Å². The summed E-state index contributed by atoms with van der Waals surface area (Å²) in [6.07, 6.45) is 4.34. The molecular formula is C53H71N7O12S2. The average molecular weight is 1060 g/mol. The van der Waals surface area contributed by atoms with Crippen molar-refractivity contribution in [2.45, 2.75) is 106 Å². The van der Waals surface area contributed by atoms with E-state index in [2.05, 4.69) is 43.1 Å². The molecule has 1 aromatic heterocycles. The van der Waals surface area contributed by atoms with Crippen molar-refractivity contribution >= 4 is 68.0 Å². The highest BCUT2D eigenvalue weighted by Gasteiger charge is 2.77. The van der Waals surface area contributed by atoms with E-state index in [1.807, 2.05) is 62.2 Å². The number of anilines is 1. The Labute approximate surface area is 439 Å². The molecule has 21 heteroatoms. The third-order valence-electron chi connectivity index (χ3n) is 17.3. The van der Waals surface area contributed by atoms with Crippen LogP contribution in [-0.2, 0) is 46.9 Å². The molecule has 3 aromatic rings. The van der Waals surface area contributed by atoms with Gasteiger partial charge in [0.25, 0.3) is 5.91 Å². The molecule has 3 fully saturated rings. The van der Waals surface area contributed by atoms with Crippen LogP contribution in [0.2, 0.25) is 0 Å². The molecule has 402 valence electrons. The van der Waals surface area contributed by atoms with Crippen molar-refractivity contribution in [2.75, 3.05) is 83.5 Å². The second-order valence-corrected chi connectivity index (χ2v) is 23.9. The van der Waals surface area contributed by atoms with E-state index >= 15 is 4.79 Å². The molecule has 1 saturated carbocycles. The fourth-order valence-electron chi connectivity index (χ4n) is 14.4. The third kappa shape index (κ3) is 9.10. The quantitative estimate of drug-likeness (QED) is 0.0335. The summed E-state index contributed by atoms with van der Waals surface area (Å²) in [6.45, 7) is 7.46. The van der Waals surface area contributed by atoms with Gasteiger partial charge in [-0.15, -0.1) is 0 Å². The van der Waals surface area contributed by atoms with E-state index in [0.29, 0.717) is 113 Å². The molecule has 19 nitrogen and oxygen atoms in total. The van der Waals surface area contributed by atoms with Crippen LogP contribution in [0.3, 0.4) is 0 Å². The molecule has 9 rings (SSSR count). The standard InChI is InChI=1S/C53H71N7O12S2/c1-6-49(68)27-32-28-52(47(66)71-5,42-35(15-20-59(30-32)31-49)34-11-8-9-12-37(34)55-42)36-25-33-29-51-17-21-60-19-10-16-50(7-2,43(51)60)45(64)53(69,44(51)58(3)38(33)26-39(36)70-4)46(65)56-57-48(67)72-22-24-74-73-23-18-54-40(61)13-14-41(62)63/h8-12,16,25-26,32,43-45,55,64,68-69H,6-7,13-15,17-24,27-31H2,1-5H3,(H,54,61)(H,56,65)(H,57,67)(H,62,63)/t32-,43+,44-,45-,49+,50-,51-,52+,53+/m0/s1. The number of carboxylic acids is 1. The molecule has 2 bridgehead atoms. The van der Waals surface area contributed by atoms with E-state index in [9.17, 15) is 34.5 Å². The van der Waals surface area contributed by atoms with Crippen molar-refractivity contribution in [3.05, 3.63) is 70.9 Å². The number of carbonyl (C=O) groups is 5. The molecule has 10 atom stereocenters. The number of methoxy groups -OCH3 is 2. The van der Waals surface area contributed by atoms with Gasteiger partial charge in [0.15, 0.2) is 5.60 Å². The Morgan fingerprint density at radius 3 is 2.49 bits per heavy atom. The number of hydrogen-bond donors (Lipinski definition) is 8. The molecule has 6 aliphatic rings. The molecule has 5 aliphatic heterocycles. The number of esters is 1. The Bertz CT molecular complexity index is 2690. The first kappa shape index (κ1) is 53.8. The minimum absolute atomic E-state index is 0.0214. The number of carbonyl (C=O) groups excluding carboxylic acids is 4. The summed E-state index contributed by atoms with van der Waals surface area (Å²) in [4.78, 5) is 76.0. The summed E-state index contributed by atoms with van der Waals surface area (Å²) >= 11 is 0. The fourth-order valence-corrected chi connectivity index (χ4v) is 16.1. The zero-order valence-electron chi connectivity index (χ0n) is 42.9. The molecular weight excluding hydrogens is 991 g/mol. The molecule has 2 aromatic carbocycles. The van der Waals surface area contributed by atoms with Gasteiger partial charge in [0.1, 0.15) is 23.9 Å². The number of hydrogen-bond acceptors (Lipinski definition) is 16. The molecule has 1 aliphatic carbocycles. The van der Waals surface area contributed by atoms with Crippen LogP contribution >= 0.6 is 21.6 Å². The second kappa shape index (κ2) is 21.2. The first-order chi connectivity index (χ1) is 35.4. The van der Waals surface area contributed by atoms with Gasteiger partial charge in [-0.3, -0.25) is 34.4 Å². The number of rotatable bonds is 16. The van der Waals surface area contributed by atoms with Crippen molar-refractivity contribution in [1.82, 2.24) is 31.0 Å². The molecule has 1 unspecified atom stereocenters. The lowest BCUT2D eigenvalue weighted by Crippen LogP contribution is -2.83. The monoisotopic (exact) mass is 1060 g/mol. The lowest BCUT2D eigenvalue weighted by atomic mass is 9.46. The Hall–Kier alpha value is -5.03. The van der Waals surface area contributed by atoms with Gasteiger partial charge in [-0.2, -0.15) is 0 Å². The summed E-state index contributed by atoms with van der Waals surface area (Å²) in [6, 6.07) is 10.7. The van der Waals surface area contributed by atoms with Crippen LogP contribution in [0, 0.1) is 16.7 Å². The van der Waals surface area contributed by atoms with Gasteiger partial charge in [0.05, 0.1) is 32.3 Å². The highest BCUT2D eigenvalue weighted by Crippen LogP contribution is 2.65. The van der Waals surface area contributed by atoms with Crippen molar-refractivity contribution < 1.29 is 58.6 Å². The minimum atomic E-state index is -2.50. The summed E-state index contributed by atoms with van der Waals surface area (Å²) in [5, 5.41) is 50.6. The van der Waals surface area contributed by atoms with Gasteiger partial charge in [-0.05, 0) is 80.7 Å². The fraction of sp³-hybridized carbons (Fsp3) is 0.604. The maximum Gasteiger partial charge on any atom is 0.426 e. The summed E-state index contributed by atoms with van der Waals surface area (Å²) in [5.74, 6) is -1.64. The highest BCUT2D eigenvalue weighted by molar-refractivity contribution is 8.76. The number of H-pyrrole nitrogens is 1. The smallest absolute Gasteiger partial charge is 0.426 e. The number of amides is 3. The number of carboxylic acid groups (broad SMARTS) is 1. The lowest BCUT2D eigenvalue weighted by molar-refractivity contribution is -0.219. The zero-order valence-corrected chi connectivity index (χ0v) is 44.5. The number of likely N-dealkylation sites (N-methyl/N-ethyl adjacent to an activating group) is 1. The minimum Gasteiger partial charge on any atom is -0.496 e. The number of ether oxygens (including phenoxy) is 3. The van der Waals surface area contributed by atoms with E-state index in [0.717, 1.165) is 27.7 Å². The predicted molar refractivity (Wildman–Crippen MR) is 281 cm³/mol. The Morgan fingerprint density at radius 2 is 1.74 bits per heavy atom. The molecule has 6 heterocycles. The molecule has 3 amide bonds. The number of fused-ring (bicyclic) bond motifs is 6. The van der Waals surface area contributed by atoms with E-state index in [1.165, 1.54) is 28.7 Å². The van der Waals surface area contributed by atoms with Crippen LogP contribution in [0.4, 0.5) is 10.5 Å². The first-order valence-corrected chi connectivity index (χ1v) is 28.3. The maximum atomic E-state index is 15.3. The predicted octanol–water partition coefficient (Wildman–Crippen LogP) is 3.66. The number of benzene rings is 2. The summed E-state index contributed by atoms with van der Waals surface area (Å²) < 4.78 is 17.6. The van der Waals surface area contributed by atoms with Crippen LogP contribution < -0.4 is 25.8 Å².